The third-order valence-corrected chi connectivity index (χ3v) is 6.64. The number of hydrogen-bond acceptors (Lipinski definition) is 3. The lowest BCUT2D eigenvalue weighted by Crippen LogP contribution is -2.39. The van der Waals surface area contributed by atoms with E-state index >= 15 is 0 Å². The van der Waals surface area contributed by atoms with E-state index in [1.165, 1.54) is 11.6 Å². The van der Waals surface area contributed by atoms with Crippen molar-refractivity contribution in [2.24, 2.45) is 0 Å². The van der Waals surface area contributed by atoms with Gasteiger partial charge in [-0.25, -0.2) is 13.2 Å². The molecular weight excluding hydrogens is 338 g/mol. The van der Waals surface area contributed by atoms with Crippen molar-refractivity contribution >= 4 is 21.1 Å². The summed E-state index contributed by atoms with van der Waals surface area (Å²) < 4.78 is 27.6. The summed E-state index contributed by atoms with van der Waals surface area (Å²) in [4.78, 5) is 16.8. The summed E-state index contributed by atoms with van der Waals surface area (Å²) in [5, 5.41) is 0. The number of hydrogen-bond donors (Lipinski definition) is 2. The standard InChI is InChI=1S/C18H19N3O3S/c22-18-19-16-9-8-15(11-17(16)20-18)25(23,24)21-10-4-7-14(12-21)13-5-2-1-3-6-13/h1-3,5-6,8-9,11,14H,4,7,10,12H2,(H2,19,20,22)/t14-/m1/s1. The predicted molar refractivity (Wildman–Crippen MR) is 96.1 cm³/mol. The van der Waals surface area contributed by atoms with Gasteiger partial charge < -0.3 is 9.97 Å². The maximum Gasteiger partial charge on any atom is 0.323 e. The molecule has 0 radical (unpaired) electrons. The minimum Gasteiger partial charge on any atom is -0.306 e. The Labute approximate surface area is 145 Å². The number of nitrogens with zero attached hydrogens (tertiary/aromatic N) is 1. The van der Waals surface area contributed by atoms with Gasteiger partial charge in [0, 0.05) is 13.1 Å². The quantitative estimate of drug-likeness (QED) is 0.755. The third-order valence-electron chi connectivity index (χ3n) is 4.78. The van der Waals surface area contributed by atoms with Crippen LogP contribution in [0.5, 0.6) is 0 Å². The second-order valence-electron chi connectivity index (χ2n) is 6.40. The van der Waals surface area contributed by atoms with Gasteiger partial charge in [0.25, 0.3) is 0 Å². The number of rotatable bonds is 3. The van der Waals surface area contributed by atoms with Crippen molar-refractivity contribution in [3.63, 3.8) is 0 Å². The van der Waals surface area contributed by atoms with Crippen molar-refractivity contribution in [1.82, 2.24) is 14.3 Å². The molecule has 1 atom stereocenters. The van der Waals surface area contributed by atoms with E-state index in [4.69, 9.17) is 0 Å². The molecule has 7 heteroatoms. The molecule has 2 N–H and O–H groups in total. The fourth-order valence-corrected chi connectivity index (χ4v) is 5.03. The second-order valence-corrected chi connectivity index (χ2v) is 8.34. The Bertz CT molecular complexity index is 1050. The number of H-pyrrole nitrogens is 2. The van der Waals surface area contributed by atoms with Crippen LogP contribution < -0.4 is 5.69 Å². The normalized spacial score (nSPS) is 19.3. The molecule has 2 aromatic carbocycles. The molecule has 0 unspecified atom stereocenters. The zero-order valence-electron chi connectivity index (χ0n) is 13.6. The van der Waals surface area contributed by atoms with Crippen molar-refractivity contribution < 1.29 is 8.42 Å². The van der Waals surface area contributed by atoms with E-state index in [9.17, 15) is 13.2 Å². The largest absolute Gasteiger partial charge is 0.323 e. The fourth-order valence-electron chi connectivity index (χ4n) is 3.48. The van der Waals surface area contributed by atoms with Crippen LogP contribution in [0.25, 0.3) is 11.0 Å². The van der Waals surface area contributed by atoms with Gasteiger partial charge in [0.1, 0.15) is 0 Å². The Morgan fingerprint density at radius 3 is 2.56 bits per heavy atom. The molecule has 4 rings (SSSR count). The fraction of sp³-hybridized carbons (Fsp3) is 0.278. The average Bonchev–Trinajstić information content (AvgIpc) is 3.02. The average molecular weight is 357 g/mol. The number of benzene rings is 2. The number of nitrogens with one attached hydrogen (secondary N) is 2. The van der Waals surface area contributed by atoms with Crippen molar-refractivity contribution in [3.05, 3.63) is 64.6 Å². The minimum atomic E-state index is -3.59. The Morgan fingerprint density at radius 1 is 1.00 bits per heavy atom. The number of aromatic amines is 2. The van der Waals surface area contributed by atoms with Crippen molar-refractivity contribution in [2.75, 3.05) is 13.1 Å². The van der Waals surface area contributed by atoms with Crippen LogP contribution in [-0.4, -0.2) is 35.8 Å². The van der Waals surface area contributed by atoms with Crippen LogP contribution in [-0.2, 0) is 10.0 Å². The highest BCUT2D eigenvalue weighted by Gasteiger charge is 2.31. The Kier molecular flexibility index (Phi) is 3.97. The molecule has 0 bridgehead atoms. The van der Waals surface area contributed by atoms with Gasteiger partial charge in [-0.3, -0.25) is 0 Å². The van der Waals surface area contributed by atoms with Gasteiger partial charge >= 0.3 is 5.69 Å². The van der Waals surface area contributed by atoms with E-state index in [0.717, 1.165) is 12.8 Å². The maximum atomic E-state index is 13.0. The Balaban J connectivity index is 1.65. The molecular formula is C18H19N3O3S. The van der Waals surface area contributed by atoms with Gasteiger partial charge in [-0.1, -0.05) is 30.3 Å². The van der Waals surface area contributed by atoms with Crippen LogP contribution in [0.4, 0.5) is 0 Å². The minimum absolute atomic E-state index is 0.209. The van der Waals surface area contributed by atoms with Crippen LogP contribution in [0.3, 0.4) is 0 Å². The SMILES string of the molecule is O=c1[nH]c2ccc(S(=O)(=O)N3CCC[C@@H](c4ccccc4)C3)cc2[nH]1. The van der Waals surface area contributed by atoms with Crippen LogP contribution >= 0.6 is 0 Å². The Morgan fingerprint density at radius 2 is 1.76 bits per heavy atom. The van der Waals surface area contributed by atoms with Gasteiger partial charge in [0.05, 0.1) is 15.9 Å². The second kappa shape index (κ2) is 6.16. The van der Waals surface area contributed by atoms with Crippen molar-refractivity contribution in [1.29, 1.82) is 0 Å². The van der Waals surface area contributed by atoms with Gasteiger partial charge in [0.15, 0.2) is 0 Å². The van der Waals surface area contributed by atoms with Gasteiger partial charge in [-0.15, -0.1) is 0 Å². The van der Waals surface area contributed by atoms with E-state index < -0.39 is 10.0 Å². The van der Waals surface area contributed by atoms with Crippen molar-refractivity contribution in [3.8, 4) is 0 Å². The molecule has 1 saturated heterocycles. The predicted octanol–water partition coefficient (Wildman–Crippen LogP) is 2.42. The van der Waals surface area contributed by atoms with E-state index in [-0.39, 0.29) is 16.5 Å². The van der Waals surface area contributed by atoms with Crippen LogP contribution in [0, 0.1) is 0 Å². The monoisotopic (exact) mass is 357 g/mol. The molecule has 0 spiro atoms. The molecule has 6 nitrogen and oxygen atoms in total. The Hall–Kier alpha value is -2.38. The van der Waals surface area contributed by atoms with E-state index in [2.05, 4.69) is 22.1 Å². The summed E-state index contributed by atoms with van der Waals surface area (Å²) >= 11 is 0. The number of sulfonamides is 1. The molecule has 1 aliphatic heterocycles. The molecule has 1 aromatic heterocycles. The van der Waals surface area contributed by atoms with Gasteiger partial charge in [0.2, 0.25) is 10.0 Å². The summed E-state index contributed by atoms with van der Waals surface area (Å²) in [5.74, 6) is 0.209. The van der Waals surface area contributed by atoms with Crippen LogP contribution in [0.2, 0.25) is 0 Å². The lowest BCUT2D eigenvalue weighted by molar-refractivity contribution is 0.315. The van der Waals surface area contributed by atoms with Gasteiger partial charge in [-0.05, 0) is 42.5 Å². The van der Waals surface area contributed by atoms with Crippen LogP contribution in [0.1, 0.15) is 24.3 Å². The number of fused-ring (bicyclic) bond motifs is 1. The van der Waals surface area contributed by atoms with E-state index in [1.54, 1.807) is 16.4 Å². The summed E-state index contributed by atoms with van der Waals surface area (Å²) in [7, 11) is -3.59. The third kappa shape index (κ3) is 3.01. The van der Waals surface area contributed by atoms with E-state index in [1.807, 2.05) is 18.2 Å². The highest BCUT2D eigenvalue weighted by Crippen LogP contribution is 2.30. The molecule has 1 aliphatic rings. The van der Waals surface area contributed by atoms with E-state index in [0.29, 0.717) is 24.1 Å². The molecule has 0 amide bonds. The topological polar surface area (TPSA) is 86.0 Å². The first-order chi connectivity index (χ1) is 12.0. The summed E-state index contributed by atoms with van der Waals surface area (Å²) in [5.41, 5.74) is 1.94. The molecule has 130 valence electrons. The first-order valence-electron chi connectivity index (χ1n) is 8.31. The first-order valence-corrected chi connectivity index (χ1v) is 9.75. The highest BCUT2D eigenvalue weighted by atomic mass is 32.2. The smallest absolute Gasteiger partial charge is 0.306 e. The molecule has 0 saturated carbocycles. The molecule has 0 aliphatic carbocycles. The summed E-state index contributed by atoms with van der Waals surface area (Å²) in [6.07, 6.45) is 1.82. The van der Waals surface area contributed by atoms with Crippen LogP contribution in [0.15, 0.2) is 58.2 Å². The first kappa shape index (κ1) is 16.1. The molecule has 25 heavy (non-hydrogen) atoms. The molecule has 2 heterocycles. The maximum absolute atomic E-state index is 13.0. The molecule has 1 fully saturated rings. The lowest BCUT2D eigenvalue weighted by atomic mass is 9.92. The highest BCUT2D eigenvalue weighted by molar-refractivity contribution is 7.89. The summed E-state index contributed by atoms with van der Waals surface area (Å²) in [6.45, 7) is 1.00. The number of imidazole rings is 1. The summed E-state index contributed by atoms with van der Waals surface area (Å²) in [6, 6.07) is 14.7. The zero-order valence-corrected chi connectivity index (χ0v) is 14.4. The number of aromatic nitrogens is 2. The molecule has 3 aromatic rings. The number of piperidine rings is 1. The van der Waals surface area contributed by atoms with Crippen molar-refractivity contribution in [2.45, 2.75) is 23.7 Å². The van der Waals surface area contributed by atoms with Gasteiger partial charge in [-0.2, -0.15) is 4.31 Å². The zero-order chi connectivity index (χ0) is 17.4. The lowest BCUT2D eigenvalue weighted by Gasteiger charge is -2.32.